The first-order chi connectivity index (χ1) is 24.6. The van der Waals surface area contributed by atoms with Gasteiger partial charge < -0.3 is 4.42 Å². The lowest BCUT2D eigenvalue weighted by Crippen LogP contribution is -1.91. The molecule has 0 spiro atoms. The number of fused-ring (bicyclic) bond motifs is 7. The monoisotopic (exact) mass is 599 g/mol. The summed E-state index contributed by atoms with van der Waals surface area (Å²) in [6.07, 6.45) is 0. The Balaban J connectivity index is 1.18. The third-order valence-electron chi connectivity index (χ3n) is 9.56. The highest BCUT2D eigenvalue weighted by Crippen LogP contribution is 2.45. The van der Waals surface area contributed by atoms with Gasteiger partial charge in [0.15, 0.2) is 0 Å². The van der Waals surface area contributed by atoms with E-state index in [2.05, 4.69) is 103 Å². The molecule has 0 unspecified atom stereocenters. The number of rotatable bonds is 3. The molecule has 1 aromatic heterocycles. The van der Waals surface area contributed by atoms with Gasteiger partial charge in [0.2, 0.25) is 0 Å². The SMILES string of the molecule is [2H]c1c(-c2ccc(-c3c4ccccc4c(-c4cccc5ccccc45)c4ccccc34)cc2)c([2H])c2c(oc3cc4ccccc4cc32)c1[2H]. The highest BCUT2D eigenvalue weighted by Gasteiger charge is 2.18. The van der Waals surface area contributed by atoms with Gasteiger partial charge in [0.1, 0.15) is 11.2 Å². The molecular weight excluding hydrogens is 569 g/mol. The lowest BCUT2D eigenvalue weighted by molar-refractivity contribution is 0.669. The van der Waals surface area contributed by atoms with Crippen LogP contribution in [0.2, 0.25) is 0 Å². The van der Waals surface area contributed by atoms with Crippen LogP contribution in [-0.2, 0) is 0 Å². The average Bonchev–Trinajstić information content (AvgIpc) is 3.54. The summed E-state index contributed by atoms with van der Waals surface area (Å²) >= 11 is 0. The molecule has 10 rings (SSSR count). The van der Waals surface area contributed by atoms with E-state index in [0.717, 1.165) is 43.6 Å². The van der Waals surface area contributed by atoms with Crippen molar-refractivity contribution in [2.75, 3.05) is 0 Å². The lowest BCUT2D eigenvalue weighted by Gasteiger charge is -2.19. The van der Waals surface area contributed by atoms with Gasteiger partial charge in [-0.15, -0.1) is 0 Å². The van der Waals surface area contributed by atoms with Gasteiger partial charge in [-0.3, -0.25) is 0 Å². The van der Waals surface area contributed by atoms with Crippen molar-refractivity contribution in [3.8, 4) is 33.4 Å². The normalized spacial score (nSPS) is 12.7. The fourth-order valence-electron chi connectivity index (χ4n) is 7.39. The minimum absolute atomic E-state index is 0.00338. The predicted octanol–water partition coefficient (Wildman–Crippen LogP) is 13.2. The summed E-state index contributed by atoms with van der Waals surface area (Å²) in [5, 5.41) is 10.6. The van der Waals surface area contributed by atoms with Crippen LogP contribution in [0.3, 0.4) is 0 Å². The Bertz CT molecular complexity index is 2950. The molecule has 0 bridgehead atoms. The maximum absolute atomic E-state index is 9.35. The standard InChI is InChI=1S/C46H28O/c1-2-12-33-28-44-42(26-32(33)11-1)41-27-34(24-25-43(41)47-44)29-20-22-31(23-21-29)45-37-15-5-7-17-39(37)46(40-18-8-6-16-38(40)45)36-19-9-13-30-10-3-4-14-35(30)36/h1-28H/i24D,25D,27D. The van der Waals surface area contributed by atoms with Crippen LogP contribution >= 0.6 is 0 Å². The van der Waals surface area contributed by atoms with E-state index in [1.807, 2.05) is 48.5 Å². The number of hydrogen-bond acceptors (Lipinski definition) is 1. The molecule has 218 valence electrons. The topological polar surface area (TPSA) is 13.1 Å². The van der Waals surface area contributed by atoms with E-state index in [4.69, 9.17) is 7.16 Å². The maximum atomic E-state index is 9.35. The molecule has 1 heteroatoms. The van der Waals surface area contributed by atoms with Crippen molar-refractivity contribution in [3.05, 3.63) is 170 Å². The Kier molecular flexibility index (Phi) is 5.02. The number of hydrogen-bond donors (Lipinski definition) is 0. The van der Waals surface area contributed by atoms with Gasteiger partial charge in [0, 0.05) is 10.8 Å². The Morgan fingerprint density at radius 2 is 0.915 bits per heavy atom. The smallest absolute Gasteiger partial charge is 0.136 e. The quantitative estimate of drug-likeness (QED) is 0.184. The fourth-order valence-corrected chi connectivity index (χ4v) is 7.39. The molecule has 0 saturated heterocycles. The van der Waals surface area contributed by atoms with E-state index < -0.39 is 0 Å². The van der Waals surface area contributed by atoms with Crippen molar-refractivity contribution in [3.63, 3.8) is 0 Å². The Hall–Kier alpha value is -6.18. The lowest BCUT2D eigenvalue weighted by atomic mass is 9.84. The van der Waals surface area contributed by atoms with Gasteiger partial charge in [0.05, 0.1) is 4.11 Å². The summed E-state index contributed by atoms with van der Waals surface area (Å²) < 4.78 is 33.4. The van der Waals surface area contributed by atoms with Crippen LogP contribution in [0, 0.1) is 0 Å². The molecule has 9 aromatic carbocycles. The zero-order valence-electron chi connectivity index (χ0n) is 28.3. The van der Waals surface area contributed by atoms with Crippen molar-refractivity contribution in [1.82, 2.24) is 0 Å². The first kappa shape index (κ1) is 23.2. The van der Waals surface area contributed by atoms with Gasteiger partial charge in [-0.1, -0.05) is 146 Å². The van der Waals surface area contributed by atoms with Crippen molar-refractivity contribution in [2.45, 2.75) is 0 Å². The number of furan rings is 1. The Labute approximate surface area is 276 Å². The first-order valence-electron chi connectivity index (χ1n) is 17.4. The highest BCUT2D eigenvalue weighted by molar-refractivity contribution is 6.23. The van der Waals surface area contributed by atoms with E-state index in [9.17, 15) is 1.37 Å². The molecule has 0 radical (unpaired) electrons. The summed E-state index contributed by atoms with van der Waals surface area (Å²) in [5.41, 5.74) is 6.71. The van der Waals surface area contributed by atoms with Crippen molar-refractivity contribution in [2.24, 2.45) is 0 Å². The zero-order chi connectivity index (χ0) is 33.5. The molecule has 0 atom stereocenters. The van der Waals surface area contributed by atoms with Crippen LogP contribution in [-0.4, -0.2) is 0 Å². The van der Waals surface area contributed by atoms with Crippen LogP contribution in [0.5, 0.6) is 0 Å². The van der Waals surface area contributed by atoms with Crippen LogP contribution in [0.15, 0.2) is 174 Å². The molecule has 0 N–H and O–H groups in total. The van der Waals surface area contributed by atoms with E-state index in [1.54, 1.807) is 0 Å². The minimum atomic E-state index is -0.00537. The van der Waals surface area contributed by atoms with E-state index >= 15 is 0 Å². The summed E-state index contributed by atoms with van der Waals surface area (Å²) in [5.74, 6) is 0. The Morgan fingerprint density at radius 3 is 1.62 bits per heavy atom. The second-order valence-electron chi connectivity index (χ2n) is 12.2. The van der Waals surface area contributed by atoms with E-state index in [1.165, 1.54) is 32.7 Å². The van der Waals surface area contributed by atoms with Crippen molar-refractivity contribution >= 4 is 65.0 Å². The molecule has 10 aromatic rings. The van der Waals surface area contributed by atoms with E-state index in [-0.39, 0.29) is 23.7 Å². The van der Waals surface area contributed by atoms with Crippen LogP contribution in [0.1, 0.15) is 4.11 Å². The third-order valence-corrected chi connectivity index (χ3v) is 9.56. The van der Waals surface area contributed by atoms with Gasteiger partial charge in [-0.2, -0.15) is 0 Å². The van der Waals surface area contributed by atoms with Gasteiger partial charge in [-0.25, -0.2) is 0 Å². The average molecular weight is 600 g/mol. The van der Waals surface area contributed by atoms with Gasteiger partial charge in [0.25, 0.3) is 0 Å². The molecule has 1 nitrogen and oxygen atoms in total. The molecule has 0 aliphatic heterocycles. The molecule has 0 aliphatic carbocycles. The second kappa shape index (κ2) is 10.2. The first-order valence-corrected chi connectivity index (χ1v) is 15.9. The molecule has 0 fully saturated rings. The molecular formula is C46H28O. The van der Waals surface area contributed by atoms with E-state index in [0.29, 0.717) is 16.5 Å². The fraction of sp³-hybridized carbons (Fsp3) is 0. The molecule has 0 aliphatic rings. The minimum Gasteiger partial charge on any atom is -0.456 e. The third kappa shape index (κ3) is 4.03. The zero-order valence-corrected chi connectivity index (χ0v) is 25.3. The second-order valence-corrected chi connectivity index (χ2v) is 12.2. The van der Waals surface area contributed by atoms with Gasteiger partial charge in [-0.05, 0) is 101 Å². The van der Waals surface area contributed by atoms with Gasteiger partial charge >= 0.3 is 0 Å². The van der Waals surface area contributed by atoms with Crippen molar-refractivity contribution < 1.29 is 8.53 Å². The summed E-state index contributed by atoms with van der Waals surface area (Å²) in [6.45, 7) is 0. The Morgan fingerprint density at radius 1 is 0.362 bits per heavy atom. The largest absolute Gasteiger partial charge is 0.456 e. The van der Waals surface area contributed by atoms with Crippen LogP contribution in [0.25, 0.3) is 98.4 Å². The maximum Gasteiger partial charge on any atom is 0.136 e. The predicted molar refractivity (Wildman–Crippen MR) is 200 cm³/mol. The highest BCUT2D eigenvalue weighted by atomic mass is 16.3. The summed E-state index contributed by atoms with van der Waals surface area (Å²) in [4.78, 5) is 0. The van der Waals surface area contributed by atoms with Crippen LogP contribution in [0.4, 0.5) is 0 Å². The molecule has 0 saturated carbocycles. The number of benzene rings is 9. The molecule has 1 heterocycles. The molecule has 47 heavy (non-hydrogen) atoms. The summed E-state index contributed by atoms with van der Waals surface area (Å²) in [7, 11) is 0. The molecule has 0 amide bonds. The summed E-state index contributed by atoms with van der Waals surface area (Å²) in [6, 6.07) is 52.8. The van der Waals surface area contributed by atoms with Crippen LogP contribution < -0.4 is 0 Å². The van der Waals surface area contributed by atoms with Crippen molar-refractivity contribution in [1.29, 1.82) is 0 Å².